The fraction of sp³-hybridized carbons (Fsp3) is 0.188. The molecule has 0 radical (unpaired) electrons. The minimum Gasteiger partial charge on any atom is -0.481 e. The van der Waals surface area contributed by atoms with Gasteiger partial charge in [0.25, 0.3) is 0 Å². The van der Waals surface area contributed by atoms with Gasteiger partial charge in [-0.15, -0.1) is 0 Å². The Kier molecular flexibility index (Phi) is 7.29. The number of hydrogen-bond acceptors (Lipinski definition) is 3. The summed E-state index contributed by atoms with van der Waals surface area (Å²) in [5, 5.41) is 7.72. The molecule has 4 heteroatoms. The van der Waals surface area contributed by atoms with E-state index in [1.54, 1.807) is 18.9 Å². The summed E-state index contributed by atoms with van der Waals surface area (Å²) in [5.41, 5.74) is 2.42. The van der Waals surface area contributed by atoms with Gasteiger partial charge in [0.15, 0.2) is 0 Å². The lowest BCUT2D eigenvalue weighted by Crippen LogP contribution is -1.86. The van der Waals surface area contributed by atoms with Gasteiger partial charge >= 0.3 is 5.97 Å². The molecule has 0 aliphatic carbocycles. The fourth-order valence-corrected chi connectivity index (χ4v) is 1.89. The summed E-state index contributed by atoms with van der Waals surface area (Å²) in [7, 11) is 0. The molecule has 2 rings (SSSR count). The summed E-state index contributed by atoms with van der Waals surface area (Å²) < 4.78 is 3.30. The van der Waals surface area contributed by atoms with Gasteiger partial charge in [0.1, 0.15) is 0 Å². The minimum absolute atomic E-state index is 0.222. The fourth-order valence-electron chi connectivity index (χ4n) is 1.23. The first-order valence-electron chi connectivity index (χ1n) is 6.38. The number of carbonyl (C=O) groups is 1. The number of rotatable bonds is 4. The van der Waals surface area contributed by atoms with Crippen LogP contribution in [0.25, 0.3) is 0 Å². The van der Waals surface area contributed by atoms with Crippen molar-refractivity contribution in [1.82, 2.24) is 0 Å². The first-order valence-corrected chi connectivity index (χ1v) is 7.20. The molecule has 0 bridgehead atoms. The van der Waals surface area contributed by atoms with Crippen LogP contribution in [0.5, 0.6) is 0 Å². The lowest BCUT2D eigenvalue weighted by molar-refractivity contribution is -0.136. The molecule has 0 aliphatic rings. The van der Waals surface area contributed by atoms with Crippen molar-refractivity contribution in [2.24, 2.45) is 0 Å². The molecule has 0 unspecified atom stereocenters. The Balaban J connectivity index is 0.000000347. The number of aliphatic carboxylic acids is 1. The third-order valence-corrected chi connectivity index (χ3v) is 3.23. The highest BCUT2D eigenvalue weighted by Gasteiger charge is 1.93. The summed E-state index contributed by atoms with van der Waals surface area (Å²) >= 11 is 1.63. The average Bonchev–Trinajstić information content (AvgIpc) is 2.48. The maximum absolute atomic E-state index is 9.37. The van der Waals surface area contributed by atoms with Crippen molar-refractivity contribution in [3.8, 4) is 0 Å². The molecule has 0 spiro atoms. The monoisotopic (exact) mass is 289 g/mol. The Morgan fingerprint density at radius 3 is 2.15 bits per heavy atom. The number of carboxylic acids is 1. The second kappa shape index (κ2) is 9.04. The van der Waals surface area contributed by atoms with E-state index in [9.17, 15) is 4.79 Å². The summed E-state index contributed by atoms with van der Waals surface area (Å²) in [6, 6.07) is 18.7. The Labute approximate surface area is 124 Å². The van der Waals surface area contributed by atoms with Gasteiger partial charge in [-0.3, -0.25) is 4.79 Å². The van der Waals surface area contributed by atoms with Gasteiger partial charge in [-0.1, -0.05) is 42.8 Å². The Bertz CT molecular complexity index is 512. The SMILES string of the molecule is CCC(=O)O.Cc1ccc(NSc2ccccc2)cc1. The van der Waals surface area contributed by atoms with E-state index < -0.39 is 5.97 Å². The highest BCUT2D eigenvalue weighted by Crippen LogP contribution is 2.20. The van der Waals surface area contributed by atoms with Crippen molar-refractivity contribution in [3.63, 3.8) is 0 Å². The number of benzene rings is 2. The van der Waals surface area contributed by atoms with Crippen molar-refractivity contribution in [3.05, 3.63) is 60.2 Å². The minimum atomic E-state index is -0.745. The van der Waals surface area contributed by atoms with E-state index in [2.05, 4.69) is 48.0 Å². The molecule has 0 saturated heterocycles. The molecule has 20 heavy (non-hydrogen) atoms. The largest absolute Gasteiger partial charge is 0.481 e. The van der Waals surface area contributed by atoms with Gasteiger partial charge in [-0.2, -0.15) is 0 Å². The molecule has 0 atom stereocenters. The summed E-state index contributed by atoms with van der Waals surface area (Å²) in [6.07, 6.45) is 0.222. The van der Waals surface area contributed by atoms with Crippen molar-refractivity contribution in [2.45, 2.75) is 25.2 Å². The average molecular weight is 289 g/mol. The highest BCUT2D eigenvalue weighted by molar-refractivity contribution is 8.00. The van der Waals surface area contributed by atoms with Gasteiger partial charge in [-0.05, 0) is 43.1 Å². The predicted molar refractivity (Wildman–Crippen MR) is 85.0 cm³/mol. The zero-order valence-corrected chi connectivity index (χ0v) is 12.5. The van der Waals surface area contributed by atoms with Gasteiger partial charge in [-0.25, -0.2) is 0 Å². The van der Waals surface area contributed by atoms with Crippen LogP contribution < -0.4 is 4.72 Å². The van der Waals surface area contributed by atoms with Crippen molar-refractivity contribution >= 4 is 23.6 Å². The lowest BCUT2D eigenvalue weighted by Gasteiger charge is -2.05. The molecule has 0 heterocycles. The number of carboxylic acid groups (broad SMARTS) is 1. The normalized spacial score (nSPS) is 9.30. The second-order valence-corrected chi connectivity index (χ2v) is 5.01. The van der Waals surface area contributed by atoms with Crippen LogP contribution >= 0.6 is 11.9 Å². The molecule has 3 nitrogen and oxygen atoms in total. The summed E-state index contributed by atoms with van der Waals surface area (Å²) in [4.78, 5) is 10.6. The third-order valence-electron chi connectivity index (χ3n) is 2.38. The van der Waals surface area contributed by atoms with Crippen LogP contribution in [-0.4, -0.2) is 11.1 Å². The van der Waals surface area contributed by atoms with E-state index in [1.165, 1.54) is 10.5 Å². The number of hydrogen-bond donors (Lipinski definition) is 2. The van der Waals surface area contributed by atoms with Crippen LogP contribution in [0.3, 0.4) is 0 Å². The van der Waals surface area contributed by atoms with Gasteiger partial charge in [0, 0.05) is 17.0 Å². The molecular formula is C16H19NO2S. The van der Waals surface area contributed by atoms with Crippen LogP contribution in [0.4, 0.5) is 5.69 Å². The Morgan fingerprint density at radius 1 is 1.10 bits per heavy atom. The van der Waals surface area contributed by atoms with Gasteiger partial charge in [0.05, 0.1) is 0 Å². The molecular weight excluding hydrogens is 270 g/mol. The molecule has 0 amide bonds. The first kappa shape index (κ1) is 16.1. The molecule has 0 fully saturated rings. The standard InChI is InChI=1S/C13H13NS.C3H6O2/c1-11-7-9-12(10-8-11)14-15-13-5-3-2-4-6-13;1-2-3(4)5/h2-10,14H,1H3;2H2,1H3,(H,4,5). The maximum Gasteiger partial charge on any atom is 0.303 e. The van der Waals surface area contributed by atoms with Gasteiger partial charge in [0.2, 0.25) is 0 Å². The second-order valence-electron chi connectivity index (χ2n) is 4.13. The topological polar surface area (TPSA) is 49.3 Å². The van der Waals surface area contributed by atoms with Crippen LogP contribution in [0.1, 0.15) is 18.9 Å². The zero-order chi connectivity index (χ0) is 14.8. The Hall–Kier alpha value is -1.94. The smallest absolute Gasteiger partial charge is 0.303 e. The molecule has 0 saturated carbocycles. The van der Waals surface area contributed by atoms with E-state index >= 15 is 0 Å². The van der Waals surface area contributed by atoms with Crippen molar-refractivity contribution in [1.29, 1.82) is 0 Å². The molecule has 0 aromatic heterocycles. The quantitative estimate of drug-likeness (QED) is 0.808. The van der Waals surface area contributed by atoms with Crippen LogP contribution in [0.2, 0.25) is 0 Å². The first-order chi connectivity index (χ1) is 9.61. The van der Waals surface area contributed by atoms with E-state index in [0.717, 1.165) is 5.69 Å². The van der Waals surface area contributed by atoms with E-state index in [1.807, 2.05) is 18.2 Å². The van der Waals surface area contributed by atoms with E-state index in [-0.39, 0.29) is 6.42 Å². The zero-order valence-electron chi connectivity index (χ0n) is 11.7. The van der Waals surface area contributed by atoms with Crippen LogP contribution in [0, 0.1) is 6.92 Å². The van der Waals surface area contributed by atoms with Gasteiger partial charge < -0.3 is 9.83 Å². The predicted octanol–water partition coefficient (Wildman–Crippen LogP) is 4.60. The highest BCUT2D eigenvalue weighted by atomic mass is 32.2. The molecule has 2 N–H and O–H groups in total. The molecule has 0 aliphatic heterocycles. The number of nitrogens with one attached hydrogen (secondary N) is 1. The summed E-state index contributed by atoms with van der Waals surface area (Å²) in [6.45, 7) is 3.69. The van der Waals surface area contributed by atoms with E-state index in [0.29, 0.717) is 0 Å². The van der Waals surface area contributed by atoms with Crippen LogP contribution in [-0.2, 0) is 4.79 Å². The van der Waals surface area contributed by atoms with Crippen molar-refractivity contribution < 1.29 is 9.90 Å². The maximum atomic E-state index is 9.37. The van der Waals surface area contributed by atoms with Crippen molar-refractivity contribution in [2.75, 3.05) is 4.72 Å². The molecule has 106 valence electrons. The number of aryl methyl sites for hydroxylation is 1. The number of anilines is 1. The molecule has 2 aromatic carbocycles. The summed E-state index contributed by atoms with van der Waals surface area (Å²) in [5.74, 6) is -0.745. The molecule has 2 aromatic rings. The van der Waals surface area contributed by atoms with E-state index in [4.69, 9.17) is 5.11 Å². The lowest BCUT2D eigenvalue weighted by atomic mass is 10.2. The van der Waals surface area contributed by atoms with Crippen LogP contribution in [0.15, 0.2) is 59.5 Å². The Morgan fingerprint density at radius 2 is 1.65 bits per heavy atom. The third kappa shape index (κ3) is 6.85.